The Morgan fingerprint density at radius 1 is 0.689 bits per heavy atom. The molecule has 0 aromatic heterocycles. The molecule has 45 heavy (non-hydrogen) atoms. The maximum Gasteiger partial charge on any atom is 0.472 e. The van der Waals surface area contributed by atoms with Gasteiger partial charge in [-0.05, 0) is 51.4 Å². The van der Waals surface area contributed by atoms with Gasteiger partial charge < -0.3 is 24.6 Å². The number of unbranched alkanes of at least 4 members (excludes halogenated alkanes) is 3. The van der Waals surface area contributed by atoms with Crippen LogP contribution >= 0.6 is 7.82 Å². The summed E-state index contributed by atoms with van der Waals surface area (Å²) in [5, 5.41) is 18.2. The number of esters is 2. The van der Waals surface area contributed by atoms with Crippen LogP contribution in [0.1, 0.15) is 78.1 Å². The Hall–Kier alpha value is -2.85. The lowest BCUT2D eigenvalue weighted by atomic mass is 10.2. The van der Waals surface area contributed by atoms with Crippen molar-refractivity contribution in [3.05, 3.63) is 85.1 Å². The van der Waals surface area contributed by atoms with E-state index >= 15 is 0 Å². The van der Waals surface area contributed by atoms with Gasteiger partial charge in [0.15, 0.2) is 6.10 Å². The van der Waals surface area contributed by atoms with Crippen LogP contribution in [0.4, 0.5) is 0 Å². The average molecular weight is 653 g/mol. The number of carbonyl (C=O) groups is 2. The Kier molecular flexibility index (Phi) is 27.9. The fourth-order valence-corrected chi connectivity index (χ4v) is 4.08. The van der Waals surface area contributed by atoms with Crippen LogP contribution in [-0.2, 0) is 32.7 Å². The van der Waals surface area contributed by atoms with Crippen molar-refractivity contribution in [2.75, 3.05) is 26.4 Å². The van der Waals surface area contributed by atoms with Crippen LogP contribution in [0, 0.1) is 0 Å². The summed E-state index contributed by atoms with van der Waals surface area (Å²) in [4.78, 5) is 34.5. The van der Waals surface area contributed by atoms with E-state index in [0.29, 0.717) is 19.3 Å². The van der Waals surface area contributed by atoms with E-state index in [1.807, 2.05) is 54.7 Å². The molecule has 0 aliphatic rings. The number of ether oxygens (including phenoxy) is 2. The zero-order valence-electron chi connectivity index (χ0n) is 26.8. The van der Waals surface area contributed by atoms with Crippen molar-refractivity contribution in [1.29, 1.82) is 0 Å². The van der Waals surface area contributed by atoms with Crippen LogP contribution in [0.15, 0.2) is 85.1 Å². The van der Waals surface area contributed by atoms with Gasteiger partial charge in [-0.1, -0.05) is 98.9 Å². The first-order chi connectivity index (χ1) is 21.7. The summed E-state index contributed by atoms with van der Waals surface area (Å²) in [6.45, 7) is 1.91. The van der Waals surface area contributed by atoms with Gasteiger partial charge in [0, 0.05) is 12.8 Å². The lowest BCUT2D eigenvalue weighted by Gasteiger charge is -2.20. The van der Waals surface area contributed by atoms with E-state index in [1.54, 1.807) is 0 Å². The predicted molar refractivity (Wildman–Crippen MR) is 177 cm³/mol. The monoisotopic (exact) mass is 652 g/mol. The molecule has 10 nitrogen and oxygen atoms in total. The maximum absolute atomic E-state index is 12.4. The van der Waals surface area contributed by atoms with Gasteiger partial charge in [0.05, 0.1) is 19.8 Å². The zero-order chi connectivity index (χ0) is 33.4. The Labute approximate surface area is 269 Å². The molecule has 0 aliphatic carbocycles. The molecule has 0 saturated carbocycles. The largest absolute Gasteiger partial charge is 0.472 e. The van der Waals surface area contributed by atoms with Crippen LogP contribution in [-0.4, -0.2) is 65.7 Å². The highest BCUT2D eigenvalue weighted by Gasteiger charge is 2.27. The number of rotatable bonds is 27. The van der Waals surface area contributed by atoms with E-state index in [0.717, 1.165) is 32.1 Å². The highest BCUT2D eigenvalue weighted by atomic mass is 31.2. The topological polar surface area (TPSA) is 149 Å². The van der Waals surface area contributed by atoms with Gasteiger partial charge in [0.2, 0.25) is 0 Å². The van der Waals surface area contributed by atoms with Crippen molar-refractivity contribution >= 4 is 19.8 Å². The smallest absolute Gasteiger partial charge is 0.462 e. The van der Waals surface area contributed by atoms with Crippen LogP contribution in [0.25, 0.3) is 0 Å². The van der Waals surface area contributed by atoms with Crippen LogP contribution in [0.3, 0.4) is 0 Å². The minimum atomic E-state index is -4.63. The first-order valence-electron chi connectivity index (χ1n) is 15.6. The summed E-state index contributed by atoms with van der Waals surface area (Å²) in [5.74, 6) is -1.07. The third-order valence-electron chi connectivity index (χ3n) is 5.67. The van der Waals surface area contributed by atoms with Crippen molar-refractivity contribution in [2.45, 2.75) is 90.3 Å². The van der Waals surface area contributed by atoms with Gasteiger partial charge in [-0.3, -0.25) is 18.6 Å². The van der Waals surface area contributed by atoms with E-state index in [2.05, 4.69) is 48.8 Å². The number of phosphoric acid groups is 1. The molecule has 0 heterocycles. The Morgan fingerprint density at radius 3 is 1.93 bits per heavy atom. The molecule has 3 N–H and O–H groups in total. The molecule has 0 saturated heterocycles. The first-order valence-corrected chi connectivity index (χ1v) is 17.1. The summed E-state index contributed by atoms with van der Waals surface area (Å²) in [6.07, 6.45) is 31.7. The lowest BCUT2D eigenvalue weighted by molar-refractivity contribution is -0.161. The SMILES string of the molecule is CC/C=C/C=C/C=C/C=C/C=C/CCCC(=O)OC(COC(=O)CCCC/C=C/C/C=C/CC)COP(=O)(O)OC[C@@H](O)CO. The fourth-order valence-electron chi connectivity index (χ4n) is 3.29. The zero-order valence-corrected chi connectivity index (χ0v) is 27.7. The molecule has 0 spiro atoms. The van der Waals surface area contributed by atoms with Gasteiger partial charge in [-0.2, -0.15) is 0 Å². The Morgan fingerprint density at radius 2 is 1.27 bits per heavy atom. The molecule has 0 aromatic rings. The standard InChI is InChI=1S/C34H53O10P/c1-3-5-7-9-11-13-14-15-16-18-20-22-24-26-34(38)44-32(30-43-45(39,40)42-28-31(36)27-35)29-41-33(37)25-23-21-19-17-12-10-8-6-4-2/h5-9,11-18,20,31-32,35-36H,3-4,10,19,21-30H2,1-2H3,(H,39,40)/b7-5+,8-6+,11-9+,14-13+,16-15+,17-12+,20-18+/t31-,32?/m0/s1. The number of phosphoric ester groups is 1. The molecule has 11 heteroatoms. The molecule has 0 amide bonds. The second-order valence-corrected chi connectivity index (χ2v) is 11.3. The molecule has 0 aliphatic heterocycles. The Balaban J connectivity index is 4.70. The second-order valence-electron chi connectivity index (χ2n) is 9.84. The summed E-state index contributed by atoms with van der Waals surface area (Å²) >= 11 is 0. The molecular formula is C34H53O10P. The molecule has 2 unspecified atom stereocenters. The summed E-state index contributed by atoms with van der Waals surface area (Å²) in [5.41, 5.74) is 0. The first kappa shape index (κ1) is 42.1. The minimum Gasteiger partial charge on any atom is -0.462 e. The van der Waals surface area contributed by atoms with Crippen LogP contribution in [0.2, 0.25) is 0 Å². The van der Waals surface area contributed by atoms with Gasteiger partial charge in [-0.25, -0.2) is 4.57 Å². The number of allylic oxidation sites excluding steroid dienone is 14. The molecular weight excluding hydrogens is 599 g/mol. The van der Waals surface area contributed by atoms with E-state index < -0.39 is 51.8 Å². The predicted octanol–water partition coefficient (Wildman–Crippen LogP) is 6.76. The fraction of sp³-hybridized carbons (Fsp3) is 0.529. The summed E-state index contributed by atoms with van der Waals surface area (Å²) < 4.78 is 32.2. The van der Waals surface area contributed by atoms with Crippen molar-refractivity contribution in [1.82, 2.24) is 0 Å². The average Bonchev–Trinajstić information content (AvgIpc) is 3.02. The summed E-state index contributed by atoms with van der Waals surface area (Å²) in [7, 11) is -4.63. The molecule has 0 fully saturated rings. The third kappa shape index (κ3) is 29.6. The highest BCUT2D eigenvalue weighted by molar-refractivity contribution is 7.47. The highest BCUT2D eigenvalue weighted by Crippen LogP contribution is 2.43. The molecule has 0 bridgehead atoms. The maximum atomic E-state index is 12.4. The second kappa shape index (κ2) is 29.8. The van der Waals surface area contributed by atoms with Crippen LogP contribution in [0.5, 0.6) is 0 Å². The minimum absolute atomic E-state index is 0.0756. The van der Waals surface area contributed by atoms with E-state index in [1.165, 1.54) is 0 Å². The van der Waals surface area contributed by atoms with E-state index in [4.69, 9.17) is 19.1 Å². The van der Waals surface area contributed by atoms with Gasteiger partial charge in [-0.15, -0.1) is 0 Å². The number of hydrogen-bond acceptors (Lipinski definition) is 9. The van der Waals surface area contributed by atoms with Gasteiger partial charge in [0.25, 0.3) is 0 Å². The molecule has 0 aromatic carbocycles. The van der Waals surface area contributed by atoms with E-state index in [9.17, 15) is 24.2 Å². The van der Waals surface area contributed by atoms with E-state index in [-0.39, 0.29) is 19.4 Å². The van der Waals surface area contributed by atoms with Gasteiger partial charge in [0.1, 0.15) is 12.7 Å². The third-order valence-corrected chi connectivity index (χ3v) is 6.62. The number of carbonyl (C=O) groups excluding carboxylic acids is 2. The summed E-state index contributed by atoms with van der Waals surface area (Å²) in [6, 6.07) is 0. The van der Waals surface area contributed by atoms with Crippen molar-refractivity contribution in [3.8, 4) is 0 Å². The van der Waals surface area contributed by atoms with Crippen LogP contribution < -0.4 is 0 Å². The number of aliphatic hydroxyl groups excluding tert-OH is 2. The number of hydrogen-bond donors (Lipinski definition) is 3. The van der Waals surface area contributed by atoms with Crippen molar-refractivity contribution in [3.63, 3.8) is 0 Å². The molecule has 254 valence electrons. The van der Waals surface area contributed by atoms with Crippen molar-refractivity contribution in [2.24, 2.45) is 0 Å². The lowest BCUT2D eigenvalue weighted by Crippen LogP contribution is -2.29. The molecule has 0 radical (unpaired) electrons. The normalized spacial score (nSPS) is 15.4. The Bertz CT molecular complexity index is 1030. The number of aliphatic hydroxyl groups is 2. The molecule has 3 atom stereocenters. The quantitative estimate of drug-likeness (QED) is 0.0286. The van der Waals surface area contributed by atoms with Crippen molar-refractivity contribution < 1.29 is 47.8 Å². The van der Waals surface area contributed by atoms with Gasteiger partial charge >= 0.3 is 19.8 Å². The molecule has 0 rings (SSSR count).